The molecule has 1 fully saturated rings. The molecule has 3 rings (SSSR count). The van der Waals surface area contributed by atoms with E-state index in [0.29, 0.717) is 41.2 Å². The lowest BCUT2D eigenvalue weighted by molar-refractivity contribution is -0.130. The summed E-state index contributed by atoms with van der Waals surface area (Å²) >= 11 is 0. The SMILES string of the molecule is C.CC1CCCC(NCC(=O)Nc2ccc(C#Cc3ccc(C(=O)N[C@@H](CN)C(=O)NO)cc3)cc2)C1C. The predicted octanol–water partition coefficient (Wildman–Crippen LogP) is 2.64. The number of hydroxylamine groups is 1. The summed E-state index contributed by atoms with van der Waals surface area (Å²) in [6.07, 6.45) is 3.57. The van der Waals surface area contributed by atoms with Crippen LogP contribution in [0.5, 0.6) is 0 Å². The summed E-state index contributed by atoms with van der Waals surface area (Å²) in [6, 6.07) is 13.2. The van der Waals surface area contributed by atoms with E-state index in [4.69, 9.17) is 10.9 Å². The second-order valence-electron chi connectivity index (χ2n) is 9.45. The van der Waals surface area contributed by atoms with Crippen molar-refractivity contribution < 1.29 is 19.6 Å². The number of benzene rings is 2. The van der Waals surface area contributed by atoms with Crippen molar-refractivity contribution in [3.8, 4) is 11.8 Å². The van der Waals surface area contributed by atoms with Crippen molar-refractivity contribution in [2.24, 2.45) is 17.6 Å². The van der Waals surface area contributed by atoms with Crippen molar-refractivity contribution in [1.29, 1.82) is 0 Å². The molecule has 38 heavy (non-hydrogen) atoms. The summed E-state index contributed by atoms with van der Waals surface area (Å²) in [6.45, 7) is 4.67. The van der Waals surface area contributed by atoms with Crippen LogP contribution < -0.4 is 27.2 Å². The highest BCUT2D eigenvalue weighted by Gasteiger charge is 2.27. The van der Waals surface area contributed by atoms with Gasteiger partial charge in [0, 0.05) is 35.0 Å². The first-order chi connectivity index (χ1) is 17.8. The highest BCUT2D eigenvalue weighted by molar-refractivity contribution is 5.97. The zero-order valence-electron chi connectivity index (χ0n) is 21.2. The molecule has 0 bridgehead atoms. The molecule has 3 unspecified atom stereocenters. The van der Waals surface area contributed by atoms with E-state index in [0.717, 1.165) is 12.0 Å². The first kappa shape index (κ1) is 30.5. The molecule has 9 heteroatoms. The van der Waals surface area contributed by atoms with Gasteiger partial charge in [0.1, 0.15) is 6.04 Å². The van der Waals surface area contributed by atoms with E-state index in [9.17, 15) is 14.4 Å². The lowest BCUT2D eigenvalue weighted by Gasteiger charge is -2.34. The molecule has 0 radical (unpaired) electrons. The summed E-state index contributed by atoms with van der Waals surface area (Å²) in [5.41, 5.74) is 9.45. The molecule has 0 aliphatic heterocycles. The molecule has 0 aromatic heterocycles. The summed E-state index contributed by atoms with van der Waals surface area (Å²) in [7, 11) is 0. The Kier molecular flexibility index (Phi) is 12.0. The standard InChI is InChI=1S/C28H35N5O4.CH4/c1-18-4-3-5-24(19(18)2)30-17-26(34)31-23-14-10-21(11-15-23)7-6-20-8-12-22(13-9-20)27(35)32-25(16-29)28(36)33-37;/h8-15,18-19,24-25,30,37H,3-5,16-17,29H2,1-2H3,(H,31,34)(H,32,35)(H,33,36);1H4/t18?,19?,24?,25-;/m0./s1. The number of anilines is 1. The zero-order valence-corrected chi connectivity index (χ0v) is 21.2. The Labute approximate surface area is 224 Å². The van der Waals surface area contributed by atoms with E-state index in [1.54, 1.807) is 24.3 Å². The minimum Gasteiger partial charge on any atom is -0.339 e. The number of hydrogen-bond acceptors (Lipinski definition) is 6. The Morgan fingerprint density at radius 3 is 2.18 bits per heavy atom. The monoisotopic (exact) mass is 521 g/mol. The third kappa shape index (κ3) is 8.70. The summed E-state index contributed by atoms with van der Waals surface area (Å²) in [4.78, 5) is 36.1. The minimum absolute atomic E-state index is 0. The molecule has 1 saturated carbocycles. The van der Waals surface area contributed by atoms with Crippen molar-refractivity contribution >= 4 is 23.4 Å². The van der Waals surface area contributed by atoms with Gasteiger partial charge in [0.15, 0.2) is 0 Å². The van der Waals surface area contributed by atoms with E-state index in [1.807, 2.05) is 24.3 Å². The van der Waals surface area contributed by atoms with Crippen LogP contribution in [0.2, 0.25) is 0 Å². The summed E-state index contributed by atoms with van der Waals surface area (Å²) < 4.78 is 0. The number of carbonyl (C=O) groups excluding carboxylic acids is 3. The smallest absolute Gasteiger partial charge is 0.267 e. The van der Waals surface area contributed by atoms with E-state index in [2.05, 4.69) is 41.6 Å². The van der Waals surface area contributed by atoms with Gasteiger partial charge >= 0.3 is 0 Å². The third-order valence-corrected chi connectivity index (χ3v) is 6.87. The van der Waals surface area contributed by atoms with Crippen LogP contribution in [0.25, 0.3) is 0 Å². The van der Waals surface area contributed by atoms with Crippen molar-refractivity contribution in [3.05, 3.63) is 65.2 Å². The van der Waals surface area contributed by atoms with Crippen LogP contribution in [0.4, 0.5) is 5.69 Å². The Morgan fingerprint density at radius 2 is 1.61 bits per heavy atom. The maximum atomic E-state index is 12.4. The van der Waals surface area contributed by atoms with Crippen molar-refractivity contribution in [3.63, 3.8) is 0 Å². The molecule has 1 aliphatic carbocycles. The van der Waals surface area contributed by atoms with Gasteiger partial charge in [0.25, 0.3) is 11.8 Å². The molecule has 7 N–H and O–H groups in total. The molecule has 204 valence electrons. The Hall–Kier alpha value is -3.71. The van der Waals surface area contributed by atoms with Gasteiger partial charge in [-0.05, 0) is 66.8 Å². The average Bonchev–Trinajstić information content (AvgIpc) is 2.91. The fourth-order valence-electron chi connectivity index (χ4n) is 4.34. The van der Waals surface area contributed by atoms with Crippen LogP contribution in [0.1, 0.15) is 62.0 Å². The highest BCUT2D eigenvalue weighted by atomic mass is 16.5. The number of amides is 3. The fourth-order valence-corrected chi connectivity index (χ4v) is 4.34. The quantitative estimate of drug-likeness (QED) is 0.179. The van der Waals surface area contributed by atoms with E-state index in [-0.39, 0.29) is 19.9 Å². The molecule has 4 atom stereocenters. The molecule has 0 saturated heterocycles. The maximum absolute atomic E-state index is 12.4. The minimum atomic E-state index is -1.04. The second kappa shape index (κ2) is 14.9. The number of rotatable bonds is 8. The number of carbonyl (C=O) groups is 3. The molecule has 9 nitrogen and oxygen atoms in total. The molecule has 0 heterocycles. The molecule has 1 aliphatic rings. The van der Waals surface area contributed by atoms with Gasteiger partial charge < -0.3 is 21.7 Å². The van der Waals surface area contributed by atoms with Gasteiger partial charge in [0.05, 0.1) is 6.54 Å². The van der Waals surface area contributed by atoms with Gasteiger partial charge in [-0.25, -0.2) is 5.48 Å². The van der Waals surface area contributed by atoms with Crippen LogP contribution in [0.15, 0.2) is 48.5 Å². The molecule has 2 aromatic carbocycles. The Bertz CT molecular complexity index is 1140. The topological polar surface area (TPSA) is 146 Å². The molecular weight excluding hydrogens is 482 g/mol. The summed E-state index contributed by atoms with van der Waals surface area (Å²) in [5, 5.41) is 17.5. The molecule has 2 aromatic rings. The first-order valence-electron chi connectivity index (χ1n) is 12.5. The van der Waals surface area contributed by atoms with Crippen LogP contribution >= 0.6 is 0 Å². The fraction of sp³-hybridized carbons (Fsp3) is 0.414. The third-order valence-electron chi connectivity index (χ3n) is 6.87. The number of hydrogen-bond donors (Lipinski definition) is 6. The van der Waals surface area contributed by atoms with Crippen LogP contribution in [0, 0.1) is 23.7 Å². The van der Waals surface area contributed by atoms with Gasteiger partial charge in [-0.3, -0.25) is 19.6 Å². The summed E-state index contributed by atoms with van der Waals surface area (Å²) in [5.74, 6) is 5.99. The Balaban J connectivity index is 0.00000507. The van der Waals surface area contributed by atoms with Crippen molar-refractivity contribution in [1.82, 2.24) is 16.1 Å². The second-order valence-corrected chi connectivity index (χ2v) is 9.45. The number of nitrogens with two attached hydrogens (primary N) is 1. The van der Waals surface area contributed by atoms with Crippen LogP contribution in [0.3, 0.4) is 0 Å². The first-order valence-corrected chi connectivity index (χ1v) is 12.5. The van der Waals surface area contributed by atoms with E-state index >= 15 is 0 Å². The van der Waals surface area contributed by atoms with Crippen LogP contribution in [-0.2, 0) is 9.59 Å². The zero-order chi connectivity index (χ0) is 26.8. The van der Waals surface area contributed by atoms with Gasteiger partial charge in [-0.1, -0.05) is 46.0 Å². The average molecular weight is 522 g/mol. The predicted molar refractivity (Wildman–Crippen MR) is 148 cm³/mol. The normalized spacial score (nSPS) is 19.1. The van der Waals surface area contributed by atoms with Crippen LogP contribution in [-0.4, -0.2) is 48.1 Å². The van der Waals surface area contributed by atoms with Gasteiger partial charge in [-0.15, -0.1) is 0 Å². The number of nitrogens with one attached hydrogen (secondary N) is 4. The largest absolute Gasteiger partial charge is 0.339 e. The van der Waals surface area contributed by atoms with Gasteiger partial charge in [-0.2, -0.15) is 0 Å². The lowest BCUT2D eigenvalue weighted by Crippen LogP contribution is -2.50. The van der Waals surface area contributed by atoms with Crippen molar-refractivity contribution in [2.45, 2.75) is 52.6 Å². The Morgan fingerprint density at radius 1 is 1.00 bits per heavy atom. The molecular formula is C29H39N5O4. The van der Waals surface area contributed by atoms with E-state index < -0.39 is 17.9 Å². The highest BCUT2D eigenvalue weighted by Crippen LogP contribution is 2.29. The molecule has 3 amide bonds. The maximum Gasteiger partial charge on any atom is 0.267 e. The lowest BCUT2D eigenvalue weighted by atomic mass is 9.78. The van der Waals surface area contributed by atoms with Crippen molar-refractivity contribution in [2.75, 3.05) is 18.4 Å². The molecule has 0 spiro atoms. The van der Waals surface area contributed by atoms with E-state index in [1.165, 1.54) is 18.3 Å². The van der Waals surface area contributed by atoms with Gasteiger partial charge in [0.2, 0.25) is 5.91 Å².